The van der Waals surface area contributed by atoms with Crippen LogP contribution in [0.2, 0.25) is 0 Å². The van der Waals surface area contributed by atoms with Crippen molar-refractivity contribution in [3.63, 3.8) is 0 Å². The Balaban J connectivity index is 1.37. The number of hydrogen-bond acceptors (Lipinski definition) is 1. The Kier molecular flexibility index (Phi) is 5.09. The molecular formula is C26H33NO. The molecule has 3 aromatic rings. The summed E-state index contributed by atoms with van der Waals surface area (Å²) < 4.78 is 8.31. The largest absolute Gasteiger partial charge is 0.377 e. The third-order valence-corrected chi connectivity index (χ3v) is 7.20. The van der Waals surface area contributed by atoms with Gasteiger partial charge < -0.3 is 9.30 Å². The van der Waals surface area contributed by atoms with Gasteiger partial charge in [0.25, 0.3) is 0 Å². The van der Waals surface area contributed by atoms with Gasteiger partial charge in [-0.25, -0.2) is 0 Å². The minimum atomic E-state index is 0.368. The van der Waals surface area contributed by atoms with Crippen molar-refractivity contribution in [1.29, 1.82) is 0 Å². The topological polar surface area (TPSA) is 14.2 Å². The highest BCUT2D eigenvalue weighted by molar-refractivity contribution is 5.85. The van der Waals surface area contributed by atoms with Gasteiger partial charge in [-0.2, -0.15) is 0 Å². The van der Waals surface area contributed by atoms with Crippen molar-refractivity contribution in [2.75, 3.05) is 6.61 Å². The number of ether oxygens (including phenoxy) is 1. The Morgan fingerprint density at radius 2 is 1.54 bits per heavy atom. The molecule has 4 rings (SSSR count). The first kappa shape index (κ1) is 19.3. The summed E-state index contributed by atoms with van der Waals surface area (Å²) in [6, 6.07) is 19.3. The van der Waals surface area contributed by atoms with Gasteiger partial charge in [0.2, 0.25) is 0 Å². The maximum absolute atomic E-state index is 5.84. The van der Waals surface area contributed by atoms with E-state index in [1.165, 1.54) is 22.0 Å². The fraction of sp³-hybridized carbons (Fsp3) is 0.462. The molecule has 0 saturated heterocycles. The van der Waals surface area contributed by atoms with E-state index in [1.807, 2.05) is 6.07 Å². The van der Waals surface area contributed by atoms with Crippen LogP contribution in [0.3, 0.4) is 0 Å². The molecule has 1 fully saturated rings. The lowest BCUT2D eigenvalue weighted by molar-refractivity contribution is 0.116. The van der Waals surface area contributed by atoms with Gasteiger partial charge in [-0.1, -0.05) is 76.2 Å². The summed E-state index contributed by atoms with van der Waals surface area (Å²) in [5.74, 6) is 0.639. The number of fused-ring (bicyclic) bond motifs is 1. The van der Waals surface area contributed by atoms with Crippen LogP contribution in [0.1, 0.15) is 57.6 Å². The van der Waals surface area contributed by atoms with Crippen LogP contribution in [0, 0.1) is 10.8 Å². The molecule has 2 nitrogen and oxygen atoms in total. The molecule has 0 atom stereocenters. The quantitative estimate of drug-likeness (QED) is 0.395. The predicted molar refractivity (Wildman–Crippen MR) is 118 cm³/mol. The SMILES string of the molecule is CC1(C)C(c2cn(CCCCOCc3ccccc3)c3ccccc23)C1(C)C. The molecule has 0 radical (unpaired) electrons. The van der Waals surface area contributed by atoms with E-state index < -0.39 is 0 Å². The second-order valence-corrected chi connectivity index (χ2v) is 9.42. The third kappa shape index (κ3) is 3.39. The second kappa shape index (κ2) is 7.40. The van der Waals surface area contributed by atoms with Crippen molar-refractivity contribution >= 4 is 10.9 Å². The zero-order valence-corrected chi connectivity index (χ0v) is 17.7. The van der Waals surface area contributed by atoms with Crippen molar-refractivity contribution in [2.45, 2.75) is 59.6 Å². The van der Waals surface area contributed by atoms with E-state index in [0.29, 0.717) is 23.4 Å². The van der Waals surface area contributed by atoms with Gasteiger partial charge in [-0.15, -0.1) is 0 Å². The molecule has 2 aromatic carbocycles. The van der Waals surface area contributed by atoms with Gasteiger partial charge in [-0.05, 0) is 46.8 Å². The summed E-state index contributed by atoms with van der Waals surface area (Å²) >= 11 is 0. The van der Waals surface area contributed by atoms with Crippen molar-refractivity contribution in [1.82, 2.24) is 4.57 Å². The first-order chi connectivity index (χ1) is 13.4. The van der Waals surface area contributed by atoms with Crippen LogP contribution >= 0.6 is 0 Å². The molecule has 0 N–H and O–H groups in total. The molecule has 0 aliphatic heterocycles. The van der Waals surface area contributed by atoms with E-state index in [2.05, 4.69) is 87.0 Å². The van der Waals surface area contributed by atoms with Crippen LogP contribution in [0.15, 0.2) is 60.8 Å². The Labute approximate surface area is 169 Å². The number of aromatic nitrogens is 1. The maximum atomic E-state index is 5.84. The highest BCUT2D eigenvalue weighted by Gasteiger charge is 2.65. The van der Waals surface area contributed by atoms with Gasteiger partial charge in [0.05, 0.1) is 6.61 Å². The van der Waals surface area contributed by atoms with Gasteiger partial charge in [0.15, 0.2) is 0 Å². The average Bonchev–Trinajstić information content (AvgIpc) is 2.95. The minimum absolute atomic E-state index is 0.368. The first-order valence-corrected chi connectivity index (χ1v) is 10.6. The van der Waals surface area contributed by atoms with Crippen molar-refractivity contribution in [3.05, 3.63) is 71.9 Å². The third-order valence-electron chi connectivity index (χ3n) is 7.20. The van der Waals surface area contributed by atoms with E-state index in [1.54, 1.807) is 0 Å². The molecule has 0 amide bonds. The number of aryl methyl sites for hydroxylation is 1. The lowest BCUT2D eigenvalue weighted by Crippen LogP contribution is -2.00. The first-order valence-electron chi connectivity index (χ1n) is 10.6. The summed E-state index contributed by atoms with van der Waals surface area (Å²) in [5, 5.41) is 1.44. The highest BCUT2D eigenvalue weighted by atomic mass is 16.5. The normalized spacial score (nSPS) is 17.9. The van der Waals surface area contributed by atoms with Gasteiger partial charge >= 0.3 is 0 Å². The van der Waals surface area contributed by atoms with Crippen molar-refractivity contribution in [3.8, 4) is 0 Å². The number of benzene rings is 2. The zero-order valence-electron chi connectivity index (χ0n) is 17.7. The fourth-order valence-electron chi connectivity index (χ4n) is 4.91. The Bertz CT molecular complexity index is 921. The number of unbranched alkanes of at least 4 members (excludes halogenated alkanes) is 1. The summed E-state index contributed by atoms with van der Waals surface area (Å²) in [6.07, 6.45) is 4.66. The Hall–Kier alpha value is -2.06. The molecule has 1 heterocycles. The van der Waals surface area contributed by atoms with Crippen LogP contribution in [-0.2, 0) is 17.9 Å². The second-order valence-electron chi connectivity index (χ2n) is 9.42. The van der Waals surface area contributed by atoms with E-state index in [4.69, 9.17) is 4.74 Å². The zero-order chi connectivity index (χ0) is 19.8. The summed E-state index contributed by atoms with van der Waals surface area (Å²) in [5.41, 5.74) is 4.89. The van der Waals surface area contributed by atoms with Crippen molar-refractivity contribution < 1.29 is 4.74 Å². The highest BCUT2D eigenvalue weighted by Crippen LogP contribution is 2.74. The molecule has 0 spiro atoms. The van der Waals surface area contributed by atoms with Crippen LogP contribution in [0.5, 0.6) is 0 Å². The van der Waals surface area contributed by atoms with Gasteiger partial charge in [-0.3, -0.25) is 0 Å². The Morgan fingerprint density at radius 1 is 0.857 bits per heavy atom. The number of para-hydroxylation sites is 1. The van der Waals surface area contributed by atoms with Crippen LogP contribution in [-0.4, -0.2) is 11.2 Å². The standard InChI is InChI=1S/C26H33NO/c1-25(2)24(26(25,3)4)22-18-27(23-15-9-8-14-21(22)23)16-10-11-17-28-19-20-12-6-5-7-13-20/h5-9,12-15,18,24H,10-11,16-17,19H2,1-4H3. The maximum Gasteiger partial charge on any atom is 0.0716 e. The molecule has 1 saturated carbocycles. The molecule has 148 valence electrons. The van der Waals surface area contributed by atoms with E-state index in [-0.39, 0.29) is 0 Å². The molecular weight excluding hydrogens is 342 g/mol. The molecule has 1 aromatic heterocycles. The molecule has 0 unspecified atom stereocenters. The van der Waals surface area contributed by atoms with E-state index >= 15 is 0 Å². The molecule has 1 aliphatic rings. The summed E-state index contributed by atoms with van der Waals surface area (Å²) in [4.78, 5) is 0. The van der Waals surface area contributed by atoms with Crippen LogP contribution < -0.4 is 0 Å². The number of nitrogens with zero attached hydrogens (tertiary/aromatic N) is 1. The monoisotopic (exact) mass is 375 g/mol. The Morgan fingerprint density at radius 3 is 2.25 bits per heavy atom. The molecule has 28 heavy (non-hydrogen) atoms. The summed E-state index contributed by atoms with van der Waals surface area (Å²) in [7, 11) is 0. The van der Waals surface area contributed by atoms with Gasteiger partial charge in [0.1, 0.15) is 0 Å². The predicted octanol–water partition coefficient (Wildman–Crippen LogP) is 6.79. The van der Waals surface area contributed by atoms with Crippen molar-refractivity contribution in [2.24, 2.45) is 10.8 Å². The fourth-order valence-corrected chi connectivity index (χ4v) is 4.91. The lowest BCUT2D eigenvalue weighted by atomic mass is 10.0. The lowest BCUT2D eigenvalue weighted by Gasteiger charge is -2.07. The molecule has 2 heteroatoms. The van der Waals surface area contributed by atoms with Gasteiger partial charge in [0, 0.05) is 30.3 Å². The van der Waals surface area contributed by atoms with E-state index in [0.717, 1.165) is 26.0 Å². The smallest absolute Gasteiger partial charge is 0.0716 e. The molecule has 0 bridgehead atoms. The number of hydrogen-bond donors (Lipinski definition) is 0. The molecule has 1 aliphatic carbocycles. The van der Waals surface area contributed by atoms with E-state index in [9.17, 15) is 0 Å². The number of rotatable bonds is 8. The van der Waals surface area contributed by atoms with Crippen LogP contribution in [0.25, 0.3) is 10.9 Å². The minimum Gasteiger partial charge on any atom is -0.377 e. The average molecular weight is 376 g/mol. The summed E-state index contributed by atoms with van der Waals surface area (Å²) in [6.45, 7) is 12.2. The van der Waals surface area contributed by atoms with Crippen LogP contribution in [0.4, 0.5) is 0 Å².